The molecule has 0 radical (unpaired) electrons. The van der Waals surface area contributed by atoms with Gasteiger partial charge in [0, 0.05) is 5.56 Å². The molecule has 2 nitrogen and oxygen atoms in total. The molecule has 0 atom stereocenters. The predicted molar refractivity (Wildman–Crippen MR) is 68.2 cm³/mol. The van der Waals surface area contributed by atoms with Crippen LogP contribution in [0.5, 0.6) is 11.5 Å². The van der Waals surface area contributed by atoms with Gasteiger partial charge >= 0.3 is 0 Å². The zero-order valence-electron chi connectivity index (χ0n) is 10.5. The summed E-state index contributed by atoms with van der Waals surface area (Å²) in [5.74, 6) is 1.85. The van der Waals surface area contributed by atoms with E-state index in [1.807, 2.05) is 25.1 Å². The van der Waals surface area contributed by atoms with Crippen LogP contribution in [0.3, 0.4) is 0 Å². The molecule has 0 unspecified atom stereocenters. The quantitative estimate of drug-likeness (QED) is 0.753. The van der Waals surface area contributed by atoms with Gasteiger partial charge in [-0.3, -0.25) is 0 Å². The Morgan fingerprint density at radius 1 is 1.12 bits per heavy atom. The van der Waals surface area contributed by atoms with E-state index in [0.717, 1.165) is 29.9 Å². The van der Waals surface area contributed by atoms with Gasteiger partial charge in [-0.15, -0.1) is 0 Å². The summed E-state index contributed by atoms with van der Waals surface area (Å²) < 4.78 is 10.8. The predicted octanol–water partition coefficient (Wildman–Crippen LogP) is 3.69. The third-order valence-electron chi connectivity index (χ3n) is 2.50. The van der Waals surface area contributed by atoms with Gasteiger partial charge in [-0.2, -0.15) is 0 Å². The Hall–Kier alpha value is -1.44. The summed E-state index contributed by atoms with van der Waals surface area (Å²) in [6, 6.07) is 4.10. The molecule has 0 aliphatic rings. The Morgan fingerprint density at radius 2 is 1.81 bits per heavy atom. The second kappa shape index (κ2) is 6.21. The number of methoxy groups -OCH3 is 2. The number of benzene rings is 1. The fourth-order valence-corrected chi connectivity index (χ4v) is 1.76. The molecule has 0 amide bonds. The number of hydrogen-bond acceptors (Lipinski definition) is 2. The van der Waals surface area contributed by atoms with Gasteiger partial charge in [0.1, 0.15) is 11.5 Å². The Balaban J connectivity index is 3.22. The minimum Gasteiger partial charge on any atom is -0.496 e. The van der Waals surface area contributed by atoms with E-state index >= 15 is 0 Å². The van der Waals surface area contributed by atoms with Crippen LogP contribution in [0.4, 0.5) is 0 Å². The van der Waals surface area contributed by atoms with E-state index in [1.165, 1.54) is 5.56 Å². The van der Waals surface area contributed by atoms with Crippen molar-refractivity contribution >= 4 is 6.08 Å². The minimum atomic E-state index is 0.905. The molecule has 88 valence electrons. The first-order valence-electron chi connectivity index (χ1n) is 5.64. The van der Waals surface area contributed by atoms with Crippen molar-refractivity contribution in [3.63, 3.8) is 0 Å². The maximum absolute atomic E-state index is 5.39. The van der Waals surface area contributed by atoms with Gasteiger partial charge < -0.3 is 9.47 Å². The van der Waals surface area contributed by atoms with Crippen molar-refractivity contribution in [2.45, 2.75) is 26.7 Å². The molecule has 1 aromatic rings. The maximum atomic E-state index is 5.39. The van der Waals surface area contributed by atoms with Crippen molar-refractivity contribution < 1.29 is 9.47 Å². The van der Waals surface area contributed by atoms with E-state index in [0.29, 0.717) is 0 Å². The highest BCUT2D eigenvalue weighted by Gasteiger charge is 2.08. The van der Waals surface area contributed by atoms with Crippen molar-refractivity contribution in [3.05, 3.63) is 29.3 Å². The summed E-state index contributed by atoms with van der Waals surface area (Å²) >= 11 is 0. The van der Waals surface area contributed by atoms with Crippen LogP contribution in [0, 0.1) is 0 Å². The van der Waals surface area contributed by atoms with Crippen LogP contribution >= 0.6 is 0 Å². The summed E-state index contributed by atoms with van der Waals surface area (Å²) in [6.07, 6.45) is 6.13. The molecule has 2 heteroatoms. The van der Waals surface area contributed by atoms with Gasteiger partial charge in [0.2, 0.25) is 0 Å². The second-order valence-electron chi connectivity index (χ2n) is 3.66. The molecule has 0 aromatic heterocycles. The third-order valence-corrected chi connectivity index (χ3v) is 2.50. The van der Waals surface area contributed by atoms with Crippen LogP contribution in [0.25, 0.3) is 6.08 Å². The molecular weight excluding hydrogens is 200 g/mol. The number of allylic oxidation sites excluding steroid dienone is 1. The highest BCUT2D eigenvalue weighted by atomic mass is 16.5. The lowest BCUT2D eigenvalue weighted by Crippen LogP contribution is -1.96. The van der Waals surface area contributed by atoms with E-state index in [2.05, 4.69) is 13.0 Å². The summed E-state index contributed by atoms with van der Waals surface area (Å²) in [5, 5.41) is 0. The second-order valence-corrected chi connectivity index (χ2v) is 3.66. The van der Waals surface area contributed by atoms with Crippen LogP contribution in [-0.2, 0) is 6.42 Å². The van der Waals surface area contributed by atoms with Gasteiger partial charge in [0.25, 0.3) is 0 Å². The van der Waals surface area contributed by atoms with Gasteiger partial charge in [-0.25, -0.2) is 0 Å². The number of ether oxygens (including phenoxy) is 2. The molecule has 0 aliphatic heterocycles. The van der Waals surface area contributed by atoms with Crippen molar-refractivity contribution in [3.8, 4) is 11.5 Å². The van der Waals surface area contributed by atoms with Crippen molar-refractivity contribution in [1.29, 1.82) is 0 Å². The first-order valence-corrected chi connectivity index (χ1v) is 5.64. The zero-order chi connectivity index (χ0) is 12.0. The normalized spacial score (nSPS) is 10.8. The molecule has 0 heterocycles. The van der Waals surface area contributed by atoms with Crippen molar-refractivity contribution in [2.24, 2.45) is 0 Å². The monoisotopic (exact) mass is 220 g/mol. The summed E-state index contributed by atoms with van der Waals surface area (Å²) in [6.45, 7) is 4.15. The maximum Gasteiger partial charge on any atom is 0.126 e. The Morgan fingerprint density at radius 3 is 2.31 bits per heavy atom. The fourth-order valence-electron chi connectivity index (χ4n) is 1.76. The molecule has 0 saturated carbocycles. The first-order chi connectivity index (χ1) is 7.76. The van der Waals surface area contributed by atoms with Crippen molar-refractivity contribution in [2.75, 3.05) is 14.2 Å². The number of aryl methyl sites for hydroxylation is 1. The van der Waals surface area contributed by atoms with Crippen LogP contribution in [0.15, 0.2) is 18.2 Å². The summed E-state index contributed by atoms with van der Waals surface area (Å²) in [5.41, 5.74) is 2.26. The molecule has 1 rings (SSSR count). The summed E-state index contributed by atoms with van der Waals surface area (Å²) in [4.78, 5) is 0. The molecule has 0 saturated heterocycles. The third kappa shape index (κ3) is 2.78. The smallest absolute Gasteiger partial charge is 0.126 e. The molecule has 0 fully saturated rings. The van der Waals surface area contributed by atoms with E-state index < -0.39 is 0 Å². The topological polar surface area (TPSA) is 18.5 Å². The highest BCUT2D eigenvalue weighted by molar-refractivity contribution is 5.61. The number of hydrogen-bond donors (Lipinski definition) is 0. The van der Waals surface area contributed by atoms with Gasteiger partial charge in [0.05, 0.1) is 14.2 Å². The lowest BCUT2D eigenvalue weighted by molar-refractivity contribution is 0.398. The largest absolute Gasteiger partial charge is 0.496 e. The molecule has 16 heavy (non-hydrogen) atoms. The van der Waals surface area contributed by atoms with Gasteiger partial charge in [-0.05, 0) is 31.0 Å². The molecule has 1 aromatic carbocycles. The Labute approximate surface area is 97.9 Å². The van der Waals surface area contributed by atoms with E-state index in [9.17, 15) is 0 Å². The molecule has 0 spiro atoms. The lowest BCUT2D eigenvalue weighted by Gasteiger charge is -2.12. The molecule has 0 N–H and O–H groups in total. The standard InChI is InChI=1S/C14H20O2/c1-5-7-11-9-14(16-4)12(8-6-2)10-13(11)15-3/h5,7,9-10H,6,8H2,1-4H3/b7-5+. The van der Waals surface area contributed by atoms with E-state index in [1.54, 1.807) is 14.2 Å². The highest BCUT2D eigenvalue weighted by Crippen LogP contribution is 2.30. The molecule has 0 bridgehead atoms. The minimum absolute atomic E-state index is 0.905. The van der Waals surface area contributed by atoms with Gasteiger partial charge in [0.15, 0.2) is 0 Å². The Bertz CT molecular complexity index is 367. The number of rotatable bonds is 5. The fraction of sp³-hybridized carbons (Fsp3) is 0.429. The zero-order valence-corrected chi connectivity index (χ0v) is 10.5. The van der Waals surface area contributed by atoms with E-state index in [4.69, 9.17) is 9.47 Å². The van der Waals surface area contributed by atoms with E-state index in [-0.39, 0.29) is 0 Å². The Kier molecular flexibility index (Phi) is 4.90. The molecular formula is C14H20O2. The van der Waals surface area contributed by atoms with Gasteiger partial charge in [-0.1, -0.05) is 25.5 Å². The van der Waals surface area contributed by atoms with Crippen LogP contribution in [0.1, 0.15) is 31.4 Å². The van der Waals surface area contributed by atoms with Crippen LogP contribution in [-0.4, -0.2) is 14.2 Å². The average Bonchev–Trinajstić information content (AvgIpc) is 2.31. The van der Waals surface area contributed by atoms with Crippen molar-refractivity contribution in [1.82, 2.24) is 0 Å². The molecule has 0 aliphatic carbocycles. The SMILES string of the molecule is C/C=C/c1cc(OC)c(CCC)cc1OC. The summed E-state index contributed by atoms with van der Waals surface area (Å²) in [7, 11) is 3.41. The average molecular weight is 220 g/mol. The van der Waals surface area contributed by atoms with Crippen LogP contribution in [0.2, 0.25) is 0 Å². The van der Waals surface area contributed by atoms with Crippen LogP contribution < -0.4 is 9.47 Å². The lowest BCUT2D eigenvalue weighted by atomic mass is 10.0. The first kappa shape index (κ1) is 12.6.